The lowest BCUT2D eigenvalue weighted by Gasteiger charge is -2.31. The molecule has 0 spiro atoms. The molecule has 0 bridgehead atoms. The van der Waals surface area contributed by atoms with Crippen LogP contribution in [0.25, 0.3) is 0 Å². The van der Waals surface area contributed by atoms with E-state index >= 15 is 0 Å². The molecule has 0 aromatic rings. The number of aliphatic carboxylic acids is 1. The van der Waals surface area contributed by atoms with Crippen molar-refractivity contribution >= 4 is 20.4 Å². The molecule has 0 aliphatic carbocycles. The molecule has 2 N–H and O–H groups in total. The Morgan fingerprint density at radius 1 is 1.21 bits per heavy atom. The highest BCUT2D eigenvalue weighted by Gasteiger charge is 2.43. The van der Waals surface area contributed by atoms with Crippen molar-refractivity contribution in [2.75, 3.05) is 6.54 Å². The Kier molecular flexibility index (Phi) is 5.36. The van der Waals surface area contributed by atoms with E-state index in [9.17, 15) is 9.59 Å². The zero-order valence-corrected chi connectivity index (χ0v) is 12.8. The first kappa shape index (κ1) is 16.0. The van der Waals surface area contributed by atoms with Gasteiger partial charge in [-0.05, 0) is 18.1 Å². The van der Waals surface area contributed by atoms with E-state index in [1.165, 1.54) is 0 Å². The standard InChI is InChI=1S/C12H23NO5Si/c1-4-19(5-2,6-3)18-9-7-10(11(14)15)13(8-9)12(16)17/h9-10H,4-8H2,1-3H3,(H,14,15)(H,16,17)/t9-,10?/m1/s1. The van der Waals surface area contributed by atoms with Crippen LogP contribution in [0.5, 0.6) is 0 Å². The lowest BCUT2D eigenvalue weighted by atomic mass is 10.2. The van der Waals surface area contributed by atoms with Crippen LogP contribution < -0.4 is 0 Å². The van der Waals surface area contributed by atoms with Crippen LogP contribution in [0.2, 0.25) is 18.1 Å². The highest BCUT2D eigenvalue weighted by atomic mass is 28.4. The summed E-state index contributed by atoms with van der Waals surface area (Å²) in [6.45, 7) is 6.45. The quantitative estimate of drug-likeness (QED) is 0.732. The van der Waals surface area contributed by atoms with Crippen LogP contribution in [0.4, 0.5) is 4.79 Å². The van der Waals surface area contributed by atoms with Crippen molar-refractivity contribution in [1.29, 1.82) is 0 Å². The van der Waals surface area contributed by atoms with Crippen LogP contribution in [-0.4, -0.2) is 54.2 Å². The summed E-state index contributed by atoms with van der Waals surface area (Å²) in [5.74, 6) is -1.09. The van der Waals surface area contributed by atoms with Crippen molar-refractivity contribution in [3.8, 4) is 0 Å². The zero-order chi connectivity index (χ0) is 14.6. The van der Waals surface area contributed by atoms with Gasteiger partial charge in [-0.3, -0.25) is 4.90 Å². The lowest BCUT2D eigenvalue weighted by molar-refractivity contribution is -0.141. The number of hydrogen-bond donors (Lipinski definition) is 2. The van der Waals surface area contributed by atoms with Gasteiger partial charge in [0.15, 0.2) is 8.32 Å². The molecule has 0 aromatic carbocycles. The summed E-state index contributed by atoms with van der Waals surface area (Å²) >= 11 is 0. The third kappa shape index (κ3) is 3.47. The molecule has 1 saturated heterocycles. The molecule has 1 heterocycles. The van der Waals surface area contributed by atoms with E-state index in [-0.39, 0.29) is 19.1 Å². The van der Waals surface area contributed by atoms with E-state index in [1.54, 1.807) is 0 Å². The van der Waals surface area contributed by atoms with Crippen LogP contribution in [-0.2, 0) is 9.22 Å². The first-order valence-corrected chi connectivity index (χ1v) is 9.32. The molecule has 0 radical (unpaired) electrons. The van der Waals surface area contributed by atoms with Crippen molar-refractivity contribution in [2.24, 2.45) is 0 Å². The molecular weight excluding hydrogens is 266 g/mol. The second-order valence-corrected chi connectivity index (χ2v) is 9.73. The molecule has 1 aliphatic rings. The molecule has 2 atom stereocenters. The van der Waals surface area contributed by atoms with Crippen molar-refractivity contribution in [1.82, 2.24) is 4.90 Å². The van der Waals surface area contributed by atoms with Crippen LogP contribution in [0.1, 0.15) is 27.2 Å². The van der Waals surface area contributed by atoms with E-state index < -0.39 is 26.4 Å². The maximum atomic E-state index is 11.1. The van der Waals surface area contributed by atoms with Crippen molar-refractivity contribution < 1.29 is 24.2 Å². The number of amides is 1. The summed E-state index contributed by atoms with van der Waals surface area (Å²) in [4.78, 5) is 23.1. The van der Waals surface area contributed by atoms with Gasteiger partial charge in [0, 0.05) is 13.0 Å². The van der Waals surface area contributed by atoms with Gasteiger partial charge in [0.05, 0.1) is 6.10 Å². The molecule has 0 saturated carbocycles. The van der Waals surface area contributed by atoms with Crippen LogP contribution in [0.15, 0.2) is 0 Å². The molecule has 6 nitrogen and oxygen atoms in total. The Labute approximate surface area is 114 Å². The Balaban J connectivity index is 2.77. The van der Waals surface area contributed by atoms with E-state index in [1.807, 2.05) is 0 Å². The molecule has 1 rings (SSSR count). The average Bonchev–Trinajstić information content (AvgIpc) is 2.80. The van der Waals surface area contributed by atoms with Gasteiger partial charge in [0.1, 0.15) is 6.04 Å². The topological polar surface area (TPSA) is 87.1 Å². The zero-order valence-electron chi connectivity index (χ0n) is 11.8. The van der Waals surface area contributed by atoms with E-state index in [2.05, 4.69) is 20.8 Å². The van der Waals surface area contributed by atoms with E-state index in [0.29, 0.717) is 0 Å². The number of carbonyl (C=O) groups is 2. The minimum atomic E-state index is -1.82. The highest BCUT2D eigenvalue weighted by molar-refractivity contribution is 6.73. The monoisotopic (exact) mass is 289 g/mol. The van der Waals surface area contributed by atoms with Crippen molar-refractivity contribution in [3.63, 3.8) is 0 Å². The minimum absolute atomic E-state index is 0.168. The summed E-state index contributed by atoms with van der Waals surface area (Å²) < 4.78 is 6.18. The smallest absolute Gasteiger partial charge is 0.408 e. The van der Waals surface area contributed by atoms with Crippen molar-refractivity contribution in [3.05, 3.63) is 0 Å². The molecule has 0 aromatic heterocycles. The number of carboxylic acid groups (broad SMARTS) is 2. The van der Waals surface area contributed by atoms with Gasteiger partial charge in [0.25, 0.3) is 0 Å². The Morgan fingerprint density at radius 3 is 2.05 bits per heavy atom. The van der Waals surface area contributed by atoms with Gasteiger partial charge >= 0.3 is 12.1 Å². The van der Waals surface area contributed by atoms with Crippen LogP contribution in [0, 0.1) is 0 Å². The lowest BCUT2D eigenvalue weighted by Crippen LogP contribution is -2.41. The van der Waals surface area contributed by atoms with Gasteiger partial charge in [-0.15, -0.1) is 0 Å². The SMILES string of the molecule is CC[Si](CC)(CC)O[C@@H]1CC(C(=O)O)N(C(=O)O)C1. The molecule has 110 valence electrons. The fourth-order valence-corrected chi connectivity index (χ4v) is 5.56. The Morgan fingerprint density at radius 2 is 1.74 bits per heavy atom. The first-order valence-electron chi connectivity index (χ1n) is 6.79. The number of carboxylic acids is 1. The largest absolute Gasteiger partial charge is 0.480 e. The first-order chi connectivity index (χ1) is 8.89. The fraction of sp³-hybridized carbons (Fsp3) is 0.833. The van der Waals surface area contributed by atoms with Gasteiger partial charge < -0.3 is 14.6 Å². The Hall–Kier alpha value is -1.08. The Bertz CT molecular complexity index is 315. The van der Waals surface area contributed by atoms with Gasteiger partial charge in [-0.1, -0.05) is 20.8 Å². The third-order valence-corrected chi connectivity index (χ3v) is 8.84. The molecule has 1 unspecified atom stereocenters. The molecule has 1 fully saturated rings. The predicted molar refractivity (Wildman–Crippen MR) is 72.8 cm³/mol. The summed E-state index contributed by atoms with van der Waals surface area (Å²) in [6.07, 6.45) is -1.20. The maximum absolute atomic E-state index is 11.1. The normalized spacial score (nSPS) is 23.6. The van der Waals surface area contributed by atoms with Crippen LogP contribution in [0.3, 0.4) is 0 Å². The molecule has 19 heavy (non-hydrogen) atoms. The number of nitrogens with zero attached hydrogens (tertiary/aromatic N) is 1. The van der Waals surface area contributed by atoms with Crippen molar-refractivity contribution in [2.45, 2.75) is 57.5 Å². The number of likely N-dealkylation sites (tertiary alicyclic amines) is 1. The van der Waals surface area contributed by atoms with E-state index in [4.69, 9.17) is 14.6 Å². The minimum Gasteiger partial charge on any atom is -0.480 e. The fourth-order valence-electron chi connectivity index (χ4n) is 2.68. The average molecular weight is 289 g/mol. The van der Waals surface area contributed by atoms with E-state index in [0.717, 1.165) is 23.0 Å². The second-order valence-electron chi connectivity index (χ2n) is 5.01. The van der Waals surface area contributed by atoms with Crippen LogP contribution >= 0.6 is 0 Å². The summed E-state index contributed by atoms with van der Waals surface area (Å²) in [5.41, 5.74) is 0. The van der Waals surface area contributed by atoms with Gasteiger partial charge in [0.2, 0.25) is 0 Å². The summed E-state index contributed by atoms with van der Waals surface area (Å²) in [6, 6.07) is 1.95. The molecule has 1 amide bonds. The number of rotatable bonds is 6. The third-order valence-electron chi connectivity index (χ3n) is 4.14. The molecule has 1 aliphatic heterocycles. The summed E-state index contributed by atoms with van der Waals surface area (Å²) in [7, 11) is -1.82. The van der Waals surface area contributed by atoms with Gasteiger partial charge in [-0.2, -0.15) is 0 Å². The highest BCUT2D eigenvalue weighted by Crippen LogP contribution is 2.29. The summed E-state index contributed by atoms with van der Waals surface area (Å²) in [5, 5.41) is 18.1. The second kappa shape index (κ2) is 6.38. The maximum Gasteiger partial charge on any atom is 0.408 e. The molecular formula is C12H23NO5Si. The predicted octanol–water partition coefficient (Wildman–Crippen LogP) is 2.21. The number of hydrogen-bond acceptors (Lipinski definition) is 3. The van der Waals surface area contributed by atoms with Gasteiger partial charge in [-0.25, -0.2) is 9.59 Å². The molecule has 7 heteroatoms.